The highest BCUT2D eigenvalue weighted by atomic mass is 35.5. The summed E-state index contributed by atoms with van der Waals surface area (Å²) < 4.78 is 4.78. The molecule has 1 aliphatic rings. The molecule has 0 atom stereocenters. The number of hydrogen-bond acceptors (Lipinski definition) is 4. The number of carboxylic acid groups (broad SMARTS) is 1. The summed E-state index contributed by atoms with van der Waals surface area (Å²) in [5.74, 6) is -1.29. The zero-order valence-corrected chi connectivity index (χ0v) is 10.6. The van der Waals surface area contributed by atoms with Gasteiger partial charge in [-0.05, 0) is 19.8 Å². The van der Waals surface area contributed by atoms with Gasteiger partial charge in [0, 0.05) is 0 Å². The number of carbonyl (C=O) groups excluding carboxylic acids is 1. The zero-order valence-electron chi connectivity index (χ0n) is 9.83. The van der Waals surface area contributed by atoms with E-state index in [-0.39, 0.29) is 16.5 Å². The van der Waals surface area contributed by atoms with Gasteiger partial charge in [0.05, 0.1) is 0 Å². The van der Waals surface area contributed by atoms with Crippen LogP contribution in [0.25, 0.3) is 0 Å². The first-order valence-electron chi connectivity index (χ1n) is 5.64. The Labute approximate surface area is 108 Å². The molecule has 1 saturated carbocycles. The molecule has 18 heavy (non-hydrogen) atoms. The van der Waals surface area contributed by atoms with Crippen molar-refractivity contribution in [3.8, 4) is 0 Å². The van der Waals surface area contributed by atoms with E-state index in [1.807, 2.05) is 0 Å². The molecule has 7 heteroatoms. The molecule has 2 rings (SSSR count). The third-order valence-corrected chi connectivity index (χ3v) is 3.53. The number of aliphatic carboxylic acids is 1. The second-order valence-electron chi connectivity index (χ2n) is 4.45. The molecule has 0 aliphatic heterocycles. The van der Waals surface area contributed by atoms with E-state index in [0.29, 0.717) is 12.8 Å². The highest BCUT2D eigenvalue weighted by molar-refractivity contribution is 6.32. The molecule has 1 amide bonds. The predicted molar refractivity (Wildman–Crippen MR) is 62.6 cm³/mol. The Morgan fingerprint density at radius 3 is 2.50 bits per heavy atom. The SMILES string of the molecule is Cc1onc(Cl)c1C(=O)NC1(C(=O)O)CCCC1. The lowest BCUT2D eigenvalue weighted by molar-refractivity contribution is -0.144. The van der Waals surface area contributed by atoms with Gasteiger partial charge in [0.25, 0.3) is 5.91 Å². The molecule has 0 unspecified atom stereocenters. The molecule has 1 heterocycles. The van der Waals surface area contributed by atoms with Gasteiger partial charge in [-0.3, -0.25) is 4.79 Å². The van der Waals surface area contributed by atoms with Gasteiger partial charge in [0.15, 0.2) is 5.15 Å². The highest BCUT2D eigenvalue weighted by Gasteiger charge is 2.43. The second kappa shape index (κ2) is 4.61. The number of amides is 1. The topological polar surface area (TPSA) is 92.4 Å². The van der Waals surface area contributed by atoms with Crippen LogP contribution in [-0.4, -0.2) is 27.7 Å². The van der Waals surface area contributed by atoms with Gasteiger partial charge in [-0.25, -0.2) is 4.79 Å². The van der Waals surface area contributed by atoms with Crippen molar-refractivity contribution in [3.63, 3.8) is 0 Å². The van der Waals surface area contributed by atoms with Gasteiger partial charge in [-0.1, -0.05) is 29.6 Å². The van der Waals surface area contributed by atoms with Crippen LogP contribution >= 0.6 is 11.6 Å². The summed E-state index contributed by atoms with van der Waals surface area (Å²) in [6.45, 7) is 1.55. The average molecular weight is 273 g/mol. The van der Waals surface area contributed by atoms with Crippen molar-refractivity contribution >= 4 is 23.5 Å². The van der Waals surface area contributed by atoms with E-state index in [2.05, 4.69) is 10.5 Å². The van der Waals surface area contributed by atoms with Crippen LogP contribution in [0, 0.1) is 6.92 Å². The first kappa shape index (κ1) is 12.9. The van der Waals surface area contributed by atoms with Crippen LogP contribution in [0.4, 0.5) is 0 Å². The first-order chi connectivity index (χ1) is 8.46. The van der Waals surface area contributed by atoms with E-state index < -0.39 is 17.4 Å². The zero-order chi connectivity index (χ0) is 13.3. The number of nitrogens with one attached hydrogen (secondary N) is 1. The van der Waals surface area contributed by atoms with Crippen LogP contribution in [0.3, 0.4) is 0 Å². The molecular formula is C11H13ClN2O4. The van der Waals surface area contributed by atoms with Crippen LogP contribution < -0.4 is 5.32 Å². The van der Waals surface area contributed by atoms with Crippen molar-refractivity contribution in [2.24, 2.45) is 0 Å². The van der Waals surface area contributed by atoms with Gasteiger partial charge in [0.2, 0.25) is 0 Å². The largest absolute Gasteiger partial charge is 0.480 e. The summed E-state index contributed by atoms with van der Waals surface area (Å²) in [5, 5.41) is 15.2. The van der Waals surface area contributed by atoms with Crippen molar-refractivity contribution < 1.29 is 19.2 Å². The van der Waals surface area contributed by atoms with Crippen LogP contribution in [-0.2, 0) is 4.79 Å². The minimum Gasteiger partial charge on any atom is -0.480 e. The smallest absolute Gasteiger partial charge is 0.329 e. The van der Waals surface area contributed by atoms with E-state index in [1.54, 1.807) is 6.92 Å². The molecule has 0 saturated heterocycles. The normalized spacial score (nSPS) is 17.7. The molecule has 0 aromatic carbocycles. The summed E-state index contributed by atoms with van der Waals surface area (Å²) in [5.41, 5.74) is -1.09. The minimum absolute atomic E-state index is 0.0523. The number of halogens is 1. The maximum absolute atomic E-state index is 12.1. The molecular weight excluding hydrogens is 260 g/mol. The fourth-order valence-corrected chi connectivity index (χ4v) is 2.50. The fourth-order valence-electron chi connectivity index (χ4n) is 2.25. The molecule has 0 radical (unpaired) electrons. The second-order valence-corrected chi connectivity index (χ2v) is 4.81. The Bertz CT molecular complexity index is 472. The van der Waals surface area contributed by atoms with E-state index >= 15 is 0 Å². The van der Waals surface area contributed by atoms with Crippen LogP contribution in [0.2, 0.25) is 5.15 Å². The molecule has 2 N–H and O–H groups in total. The van der Waals surface area contributed by atoms with Crippen LogP contribution in [0.15, 0.2) is 4.52 Å². The molecule has 98 valence electrons. The van der Waals surface area contributed by atoms with Crippen molar-refractivity contribution in [3.05, 3.63) is 16.5 Å². The van der Waals surface area contributed by atoms with Gasteiger partial charge in [-0.2, -0.15) is 0 Å². The average Bonchev–Trinajstić information content (AvgIpc) is 2.87. The number of aromatic nitrogens is 1. The quantitative estimate of drug-likeness (QED) is 0.875. The summed E-state index contributed by atoms with van der Waals surface area (Å²) >= 11 is 5.74. The summed E-state index contributed by atoms with van der Waals surface area (Å²) in [6.07, 6.45) is 2.41. The Morgan fingerprint density at radius 1 is 1.44 bits per heavy atom. The number of hydrogen-bond donors (Lipinski definition) is 2. The molecule has 1 aliphatic carbocycles. The van der Waals surface area contributed by atoms with Crippen molar-refractivity contribution in [2.45, 2.75) is 38.1 Å². The van der Waals surface area contributed by atoms with E-state index in [4.69, 9.17) is 16.1 Å². The number of carboxylic acids is 1. The maximum Gasteiger partial charge on any atom is 0.329 e. The third-order valence-electron chi connectivity index (χ3n) is 3.27. The van der Waals surface area contributed by atoms with Crippen molar-refractivity contribution in [1.29, 1.82) is 0 Å². The van der Waals surface area contributed by atoms with Crippen LogP contribution in [0.1, 0.15) is 41.8 Å². The highest BCUT2D eigenvalue weighted by Crippen LogP contribution is 2.31. The van der Waals surface area contributed by atoms with E-state index in [9.17, 15) is 14.7 Å². The lowest BCUT2D eigenvalue weighted by atomic mass is 9.97. The first-order valence-corrected chi connectivity index (χ1v) is 6.02. The van der Waals surface area contributed by atoms with Crippen molar-refractivity contribution in [2.75, 3.05) is 0 Å². The lowest BCUT2D eigenvalue weighted by Crippen LogP contribution is -2.52. The number of carbonyl (C=O) groups is 2. The maximum atomic E-state index is 12.1. The van der Waals surface area contributed by atoms with Crippen LogP contribution in [0.5, 0.6) is 0 Å². The van der Waals surface area contributed by atoms with E-state index in [0.717, 1.165) is 12.8 Å². The fraction of sp³-hybridized carbons (Fsp3) is 0.545. The number of aryl methyl sites for hydroxylation is 1. The lowest BCUT2D eigenvalue weighted by Gasteiger charge is -2.25. The van der Waals surface area contributed by atoms with Gasteiger partial charge < -0.3 is 14.9 Å². The summed E-state index contributed by atoms with van der Waals surface area (Å²) in [6, 6.07) is 0. The molecule has 0 bridgehead atoms. The standard InChI is InChI=1S/C11H13ClN2O4/c1-6-7(8(12)14-18-6)9(15)13-11(10(16)17)4-2-3-5-11/h2-5H2,1H3,(H,13,15)(H,16,17). The summed E-state index contributed by atoms with van der Waals surface area (Å²) in [4.78, 5) is 23.4. The van der Waals surface area contributed by atoms with Gasteiger partial charge in [0.1, 0.15) is 16.9 Å². The van der Waals surface area contributed by atoms with Crippen molar-refractivity contribution in [1.82, 2.24) is 10.5 Å². The van der Waals surface area contributed by atoms with Gasteiger partial charge >= 0.3 is 5.97 Å². The number of nitrogens with zero attached hydrogens (tertiary/aromatic N) is 1. The molecule has 6 nitrogen and oxygen atoms in total. The Balaban J connectivity index is 2.23. The monoisotopic (exact) mass is 272 g/mol. The Hall–Kier alpha value is -1.56. The predicted octanol–water partition coefficient (Wildman–Crippen LogP) is 1.76. The third kappa shape index (κ3) is 2.08. The summed E-state index contributed by atoms with van der Waals surface area (Å²) in [7, 11) is 0. The Kier molecular flexibility index (Phi) is 3.30. The molecule has 1 aromatic heterocycles. The molecule has 1 aromatic rings. The molecule has 0 spiro atoms. The van der Waals surface area contributed by atoms with E-state index in [1.165, 1.54) is 0 Å². The molecule has 1 fully saturated rings. The number of rotatable bonds is 3. The minimum atomic E-state index is -1.19. The Morgan fingerprint density at radius 2 is 2.06 bits per heavy atom. The van der Waals surface area contributed by atoms with Gasteiger partial charge in [-0.15, -0.1) is 0 Å².